The van der Waals surface area contributed by atoms with Gasteiger partial charge in [-0.2, -0.15) is 0 Å². The minimum atomic E-state index is -0.819. The van der Waals surface area contributed by atoms with Crippen molar-refractivity contribution < 1.29 is 38.9 Å². The Balaban J connectivity index is 0.00000206. The second kappa shape index (κ2) is 26.7. The molecular weight excluding hydrogens is 642 g/mol. The summed E-state index contributed by atoms with van der Waals surface area (Å²) in [5, 5.41) is 26.2. The lowest BCUT2D eigenvalue weighted by Crippen LogP contribution is -2.55. The largest absolute Gasteiger partial charge is 0.395 e. The number of nitrogens with zero attached hydrogens (tertiary/aromatic N) is 2. The number of carbonyl (C=O) groups is 4. The summed E-state index contributed by atoms with van der Waals surface area (Å²) in [6.45, 7) is 11.9. The minimum Gasteiger partial charge on any atom is -0.395 e. The molecule has 0 aliphatic carbocycles. The summed E-state index contributed by atoms with van der Waals surface area (Å²) in [5.41, 5.74) is 1.32. The lowest BCUT2D eigenvalue weighted by molar-refractivity contribution is -0.145. The zero-order valence-corrected chi connectivity index (χ0v) is 32.2. The summed E-state index contributed by atoms with van der Waals surface area (Å²) in [6, 6.07) is 8.70. The molecule has 7 unspecified atom stereocenters. The van der Waals surface area contributed by atoms with Crippen LogP contribution in [0.5, 0.6) is 0 Å². The number of methoxy groups -OCH3 is 2. The number of hydrogen-bond donors (Lipinski definition) is 5. The fourth-order valence-electron chi connectivity index (χ4n) is 5.92. The van der Waals surface area contributed by atoms with Gasteiger partial charge in [0.25, 0.3) is 0 Å². The first-order chi connectivity index (χ1) is 23.8. The molecular formula is C37H67N5O8. The summed E-state index contributed by atoms with van der Waals surface area (Å²) >= 11 is 0. The van der Waals surface area contributed by atoms with Gasteiger partial charge in [-0.3, -0.25) is 19.2 Å². The van der Waals surface area contributed by atoms with Crippen LogP contribution in [0, 0.1) is 18.8 Å². The second-order valence-electron chi connectivity index (χ2n) is 12.8. The van der Waals surface area contributed by atoms with Gasteiger partial charge in [0, 0.05) is 34.4 Å². The smallest absolute Gasteiger partial charge is 0.242 e. The Labute approximate surface area is 300 Å². The first-order valence-corrected chi connectivity index (χ1v) is 17.9. The van der Waals surface area contributed by atoms with E-state index in [1.165, 1.54) is 31.1 Å². The molecule has 1 heterocycles. The maximum atomic E-state index is 13.6. The maximum Gasteiger partial charge on any atom is 0.242 e. The number of carbonyl (C=O) groups excluding carboxylic acids is 4. The van der Waals surface area contributed by atoms with Crippen LogP contribution >= 0.6 is 0 Å². The number of rotatable bonds is 18. The highest BCUT2D eigenvalue weighted by Crippen LogP contribution is 2.29. The molecule has 5 N–H and O–H groups in total. The van der Waals surface area contributed by atoms with Crippen molar-refractivity contribution in [1.82, 2.24) is 25.8 Å². The molecule has 50 heavy (non-hydrogen) atoms. The Kier molecular flexibility index (Phi) is 25.0. The van der Waals surface area contributed by atoms with Crippen LogP contribution in [0.3, 0.4) is 0 Å². The van der Waals surface area contributed by atoms with Crippen molar-refractivity contribution in [1.29, 1.82) is 0 Å². The monoisotopic (exact) mass is 709 g/mol. The number of benzene rings is 1. The van der Waals surface area contributed by atoms with Crippen molar-refractivity contribution in [3.05, 3.63) is 35.9 Å². The van der Waals surface area contributed by atoms with Crippen LogP contribution < -0.4 is 16.0 Å². The highest BCUT2D eigenvalue weighted by molar-refractivity contribution is 5.87. The van der Waals surface area contributed by atoms with Gasteiger partial charge in [-0.15, -0.1) is 0 Å². The lowest BCUT2D eigenvalue weighted by Gasteiger charge is -2.39. The number of likely N-dealkylation sites (tertiary alicyclic amines) is 1. The van der Waals surface area contributed by atoms with Gasteiger partial charge in [-0.25, -0.2) is 0 Å². The fraction of sp³-hybridized carbons (Fsp3) is 0.730. The van der Waals surface area contributed by atoms with Gasteiger partial charge in [0.2, 0.25) is 23.6 Å². The van der Waals surface area contributed by atoms with Gasteiger partial charge in [0.15, 0.2) is 0 Å². The lowest BCUT2D eigenvalue weighted by atomic mass is 9.90. The summed E-state index contributed by atoms with van der Waals surface area (Å²) in [7, 11) is 6.21. The van der Waals surface area contributed by atoms with E-state index in [0.717, 1.165) is 12.8 Å². The third kappa shape index (κ3) is 15.8. The zero-order valence-electron chi connectivity index (χ0n) is 32.2. The Bertz CT molecular complexity index is 1090. The number of aliphatic hydroxyl groups excluding tert-OH is 2. The molecule has 0 saturated carbocycles. The Hall–Kier alpha value is -3.10. The van der Waals surface area contributed by atoms with Crippen molar-refractivity contribution in [3.8, 4) is 0 Å². The van der Waals surface area contributed by atoms with Gasteiger partial charge < -0.3 is 45.4 Å². The molecule has 1 aromatic rings. The maximum absolute atomic E-state index is 13.6. The normalized spacial score (nSPS) is 17.4. The molecule has 1 aromatic carbocycles. The van der Waals surface area contributed by atoms with Crippen LogP contribution in [0.2, 0.25) is 0 Å². The molecule has 0 aromatic heterocycles. The number of nitrogens with one attached hydrogen (secondary N) is 3. The molecule has 0 radical (unpaired) electrons. The number of hydrogen-bond acceptors (Lipinski definition) is 9. The Morgan fingerprint density at radius 1 is 1.00 bits per heavy atom. The SMILES string of the molecule is CCC.CCC(C)C(C(CC(=O)N1CCCC1C(OC)C(C)C(=O)NCCO)OC)N(C)C(=O)CNC(=O)C(CO)NC.Cc1ccccc1. The second-order valence-corrected chi connectivity index (χ2v) is 12.8. The molecule has 7 atom stereocenters. The Morgan fingerprint density at radius 2 is 1.62 bits per heavy atom. The average molecular weight is 710 g/mol. The van der Waals surface area contributed by atoms with Crippen LogP contribution in [0.1, 0.15) is 72.3 Å². The summed E-state index contributed by atoms with van der Waals surface area (Å²) < 4.78 is 11.5. The number of aliphatic hydroxyl groups is 2. The molecule has 1 aliphatic heterocycles. The molecule has 13 heteroatoms. The van der Waals surface area contributed by atoms with Gasteiger partial charge in [0.1, 0.15) is 6.04 Å². The van der Waals surface area contributed by atoms with Crippen LogP contribution in [0.15, 0.2) is 30.3 Å². The molecule has 288 valence electrons. The molecule has 1 saturated heterocycles. The number of amides is 4. The van der Waals surface area contributed by atoms with Gasteiger partial charge in [-0.1, -0.05) is 83.4 Å². The molecule has 2 rings (SSSR count). The van der Waals surface area contributed by atoms with E-state index >= 15 is 0 Å². The predicted octanol–water partition coefficient (Wildman–Crippen LogP) is 2.12. The third-order valence-electron chi connectivity index (χ3n) is 8.92. The first-order valence-electron chi connectivity index (χ1n) is 17.9. The standard InChI is InChI=1S/C27H51N5O8.C7H8.C3H8/c1-8-17(2)24(31(5)23(36)15-30-27(38)19(16-34)28-4)21(39-6)14-22(35)32-12-9-10-20(32)25(40-7)18(3)26(37)29-11-13-33;1-7-5-3-2-4-6-7;1-3-2/h17-21,24-25,28,33-34H,8-16H2,1-7H3,(H,29,37)(H,30,38);2-6H,1H3;3H2,1-2H3. The van der Waals surface area contributed by atoms with E-state index in [-0.39, 0.29) is 55.8 Å². The van der Waals surface area contributed by atoms with Crippen molar-refractivity contribution in [2.24, 2.45) is 11.8 Å². The first kappa shape index (κ1) is 46.9. The van der Waals surface area contributed by atoms with Crippen molar-refractivity contribution in [2.45, 2.75) is 104 Å². The summed E-state index contributed by atoms with van der Waals surface area (Å²) in [6.07, 6.45) is 2.33. The third-order valence-corrected chi connectivity index (χ3v) is 8.92. The quantitative estimate of drug-likeness (QED) is 0.153. The summed E-state index contributed by atoms with van der Waals surface area (Å²) in [5.74, 6) is -1.78. The van der Waals surface area contributed by atoms with E-state index in [9.17, 15) is 24.3 Å². The zero-order chi connectivity index (χ0) is 38.2. The van der Waals surface area contributed by atoms with Gasteiger partial charge in [0.05, 0.1) is 56.4 Å². The predicted molar refractivity (Wildman–Crippen MR) is 196 cm³/mol. The van der Waals surface area contributed by atoms with Crippen LogP contribution in [0.25, 0.3) is 0 Å². The van der Waals surface area contributed by atoms with Crippen molar-refractivity contribution in [3.63, 3.8) is 0 Å². The Morgan fingerprint density at radius 3 is 2.08 bits per heavy atom. The number of likely N-dealkylation sites (N-methyl/N-ethyl adjacent to an activating group) is 2. The van der Waals surface area contributed by atoms with E-state index in [1.54, 1.807) is 25.9 Å². The topological polar surface area (TPSA) is 170 Å². The van der Waals surface area contributed by atoms with Crippen molar-refractivity contribution >= 4 is 23.6 Å². The van der Waals surface area contributed by atoms with E-state index in [2.05, 4.69) is 48.9 Å². The molecule has 4 amide bonds. The van der Waals surface area contributed by atoms with Crippen molar-refractivity contribution in [2.75, 3.05) is 61.2 Å². The summed E-state index contributed by atoms with van der Waals surface area (Å²) in [4.78, 5) is 54.7. The molecule has 0 spiro atoms. The van der Waals surface area contributed by atoms with Crippen LogP contribution in [-0.4, -0.2) is 135 Å². The fourth-order valence-corrected chi connectivity index (χ4v) is 5.92. The number of ether oxygens (including phenoxy) is 2. The molecule has 13 nitrogen and oxygen atoms in total. The highest BCUT2D eigenvalue weighted by atomic mass is 16.5. The highest BCUT2D eigenvalue weighted by Gasteiger charge is 2.41. The minimum absolute atomic E-state index is 0.0127. The van der Waals surface area contributed by atoms with E-state index in [1.807, 2.05) is 32.0 Å². The number of aryl methyl sites for hydroxylation is 1. The molecule has 0 bridgehead atoms. The average Bonchev–Trinajstić information content (AvgIpc) is 3.60. The van der Waals surface area contributed by atoms with Gasteiger partial charge >= 0.3 is 0 Å². The van der Waals surface area contributed by atoms with Crippen LogP contribution in [0.4, 0.5) is 0 Å². The van der Waals surface area contributed by atoms with E-state index < -0.39 is 42.7 Å². The van der Waals surface area contributed by atoms with E-state index in [0.29, 0.717) is 13.0 Å². The van der Waals surface area contributed by atoms with Crippen LogP contribution in [-0.2, 0) is 28.7 Å². The van der Waals surface area contributed by atoms with Gasteiger partial charge in [-0.05, 0) is 32.7 Å². The molecule has 1 fully saturated rings. The molecule has 1 aliphatic rings. The van der Waals surface area contributed by atoms with E-state index in [4.69, 9.17) is 14.6 Å².